The van der Waals surface area contributed by atoms with Crippen LogP contribution in [-0.2, 0) is 22.1 Å². The molecule has 8 nitrogen and oxygen atoms in total. The Hall–Kier alpha value is -3.39. The van der Waals surface area contributed by atoms with Crippen LogP contribution in [0, 0.1) is 17.8 Å². The number of rotatable bonds is 5. The number of carbonyl (C=O) groups excluding carboxylic acids is 1. The Kier molecular flexibility index (Phi) is 8.74. The Morgan fingerprint density at radius 1 is 1.02 bits per heavy atom. The van der Waals surface area contributed by atoms with E-state index in [0.29, 0.717) is 36.9 Å². The van der Waals surface area contributed by atoms with E-state index >= 15 is 0 Å². The summed E-state index contributed by atoms with van der Waals surface area (Å²) in [5.74, 6) is 7.32. The molecule has 3 aliphatic heterocycles. The van der Waals surface area contributed by atoms with Crippen LogP contribution in [0.1, 0.15) is 73.6 Å². The zero-order chi connectivity index (χ0) is 28.1. The van der Waals surface area contributed by atoms with Crippen LogP contribution in [0.5, 0.6) is 0 Å². The maximum Gasteiger partial charge on any atom is 0.453 e. The first-order valence-corrected chi connectivity index (χ1v) is 14.0. The number of methoxy groups -OCH3 is 1. The summed E-state index contributed by atoms with van der Waals surface area (Å²) >= 11 is 0. The van der Waals surface area contributed by atoms with E-state index in [1.165, 1.54) is 12.7 Å². The SMILES string of the molecule is COC(=O)CCCN1CCC(C#Cc2ccc(C3CCN(C4=Nn5c(nnc5C(F)(F)F)CC4)CC3)cc2)CC1. The summed E-state index contributed by atoms with van der Waals surface area (Å²) in [6, 6.07) is 8.50. The number of fused-ring (bicyclic) bond motifs is 1. The van der Waals surface area contributed by atoms with E-state index < -0.39 is 12.0 Å². The van der Waals surface area contributed by atoms with E-state index in [2.05, 4.69) is 61.2 Å². The summed E-state index contributed by atoms with van der Waals surface area (Å²) in [4.78, 5) is 15.8. The summed E-state index contributed by atoms with van der Waals surface area (Å²) in [6.45, 7) is 4.45. The Morgan fingerprint density at radius 2 is 1.75 bits per heavy atom. The van der Waals surface area contributed by atoms with E-state index in [-0.39, 0.29) is 11.8 Å². The van der Waals surface area contributed by atoms with Gasteiger partial charge in [-0.05, 0) is 75.4 Å². The highest BCUT2D eigenvalue weighted by atomic mass is 19.4. The fourth-order valence-electron chi connectivity index (χ4n) is 5.71. The molecule has 1 aromatic carbocycles. The third-order valence-corrected chi connectivity index (χ3v) is 8.08. The van der Waals surface area contributed by atoms with Gasteiger partial charge in [-0.25, -0.2) is 0 Å². The molecule has 0 bridgehead atoms. The molecular weight excluding hydrogens is 521 g/mol. The van der Waals surface area contributed by atoms with Crippen molar-refractivity contribution in [3.05, 3.63) is 47.0 Å². The van der Waals surface area contributed by atoms with Crippen molar-refractivity contribution in [3.8, 4) is 11.8 Å². The standard InChI is InChI=1S/C29H35F3N6O2/c1-40-27(39)3-2-16-36-17-12-22(13-18-36)5-4-21-6-8-23(9-7-21)24-14-19-37(20-15-24)26-11-10-25-33-34-28(29(30,31)32)38(25)35-26/h6-9,22,24H,2-3,10-20H2,1H3. The van der Waals surface area contributed by atoms with Crippen LogP contribution in [0.4, 0.5) is 13.2 Å². The molecule has 0 N–H and O–H groups in total. The molecule has 4 heterocycles. The van der Waals surface area contributed by atoms with Gasteiger partial charge in [0, 0.05) is 43.8 Å². The lowest BCUT2D eigenvalue weighted by molar-refractivity contribution is -0.147. The zero-order valence-electron chi connectivity index (χ0n) is 22.8. The van der Waals surface area contributed by atoms with Crippen molar-refractivity contribution in [1.82, 2.24) is 24.7 Å². The molecule has 2 aromatic rings. The summed E-state index contributed by atoms with van der Waals surface area (Å²) < 4.78 is 45.3. The fraction of sp³-hybridized carbons (Fsp3) is 0.586. The van der Waals surface area contributed by atoms with Gasteiger partial charge in [0.2, 0.25) is 0 Å². The maximum atomic E-state index is 13.2. The van der Waals surface area contributed by atoms with Crippen molar-refractivity contribution < 1.29 is 22.7 Å². The van der Waals surface area contributed by atoms with Crippen LogP contribution in [0.2, 0.25) is 0 Å². The summed E-state index contributed by atoms with van der Waals surface area (Å²) in [6.07, 6.45) is 1.63. The zero-order valence-corrected chi connectivity index (χ0v) is 22.8. The maximum absolute atomic E-state index is 13.2. The van der Waals surface area contributed by atoms with Gasteiger partial charge < -0.3 is 14.5 Å². The second kappa shape index (κ2) is 12.4. The summed E-state index contributed by atoms with van der Waals surface area (Å²) in [5, 5.41) is 11.2. The lowest BCUT2D eigenvalue weighted by Crippen LogP contribution is -2.40. The molecule has 3 aliphatic rings. The first-order chi connectivity index (χ1) is 19.3. The number of aryl methyl sites for hydroxylation is 1. The fourth-order valence-corrected chi connectivity index (χ4v) is 5.71. The number of halogens is 3. The number of hydrogen-bond acceptors (Lipinski definition) is 7. The van der Waals surface area contributed by atoms with E-state index in [4.69, 9.17) is 4.74 Å². The Morgan fingerprint density at radius 3 is 2.42 bits per heavy atom. The Balaban J connectivity index is 1.09. The molecule has 2 fully saturated rings. The number of alkyl halides is 3. The second-order valence-electron chi connectivity index (χ2n) is 10.7. The number of ether oxygens (including phenoxy) is 1. The second-order valence-corrected chi connectivity index (χ2v) is 10.7. The molecule has 0 spiro atoms. The third kappa shape index (κ3) is 6.84. The Bertz CT molecular complexity index is 1260. The molecule has 0 saturated carbocycles. The van der Waals surface area contributed by atoms with Crippen molar-refractivity contribution in [1.29, 1.82) is 0 Å². The number of amidine groups is 1. The number of aromatic nitrogens is 3. The normalized spacial score (nSPS) is 19.0. The quantitative estimate of drug-likeness (QED) is 0.404. The number of carbonyl (C=O) groups is 1. The number of hydrogen-bond donors (Lipinski definition) is 0. The van der Waals surface area contributed by atoms with Crippen LogP contribution in [0.25, 0.3) is 0 Å². The minimum absolute atomic E-state index is 0.148. The molecule has 2 saturated heterocycles. The summed E-state index contributed by atoms with van der Waals surface area (Å²) in [7, 11) is 1.43. The predicted molar refractivity (Wildman–Crippen MR) is 143 cm³/mol. The first kappa shape index (κ1) is 28.1. The topological polar surface area (TPSA) is 75.8 Å². The van der Waals surface area contributed by atoms with Crippen LogP contribution >= 0.6 is 0 Å². The molecule has 0 radical (unpaired) electrons. The molecule has 0 atom stereocenters. The van der Waals surface area contributed by atoms with Gasteiger partial charge in [-0.3, -0.25) is 4.79 Å². The highest BCUT2D eigenvalue weighted by molar-refractivity contribution is 5.83. The number of likely N-dealkylation sites (tertiary alicyclic amines) is 2. The first-order valence-electron chi connectivity index (χ1n) is 14.0. The van der Waals surface area contributed by atoms with E-state index in [1.807, 2.05) is 0 Å². The van der Waals surface area contributed by atoms with Crippen molar-refractivity contribution in [2.45, 2.75) is 63.5 Å². The number of benzene rings is 1. The van der Waals surface area contributed by atoms with E-state index in [0.717, 1.165) is 75.1 Å². The third-order valence-electron chi connectivity index (χ3n) is 8.08. The van der Waals surface area contributed by atoms with Gasteiger partial charge in [-0.15, -0.1) is 10.2 Å². The van der Waals surface area contributed by atoms with Gasteiger partial charge in [0.1, 0.15) is 5.84 Å². The largest absolute Gasteiger partial charge is 0.469 e. The predicted octanol–water partition coefficient (Wildman–Crippen LogP) is 4.30. The van der Waals surface area contributed by atoms with Gasteiger partial charge >= 0.3 is 12.1 Å². The van der Waals surface area contributed by atoms with Gasteiger partial charge in [-0.1, -0.05) is 24.0 Å². The van der Waals surface area contributed by atoms with Gasteiger partial charge in [-0.2, -0.15) is 22.9 Å². The smallest absolute Gasteiger partial charge is 0.453 e. The van der Waals surface area contributed by atoms with E-state index in [9.17, 15) is 18.0 Å². The Labute approximate surface area is 232 Å². The molecule has 0 aliphatic carbocycles. The molecular formula is C29H35F3N6O2. The highest BCUT2D eigenvalue weighted by Gasteiger charge is 2.40. The minimum Gasteiger partial charge on any atom is -0.469 e. The lowest BCUT2D eigenvalue weighted by atomic mass is 9.88. The molecule has 1 aromatic heterocycles. The monoisotopic (exact) mass is 556 g/mol. The molecule has 40 heavy (non-hydrogen) atoms. The van der Waals surface area contributed by atoms with Crippen LogP contribution in [-0.4, -0.2) is 76.3 Å². The molecule has 0 unspecified atom stereocenters. The van der Waals surface area contributed by atoms with Gasteiger partial charge in [0.05, 0.1) is 7.11 Å². The number of piperidine rings is 2. The average molecular weight is 557 g/mol. The lowest BCUT2D eigenvalue weighted by Gasteiger charge is -2.35. The number of nitrogens with zero attached hydrogens (tertiary/aromatic N) is 6. The van der Waals surface area contributed by atoms with Gasteiger partial charge in [0.25, 0.3) is 5.82 Å². The van der Waals surface area contributed by atoms with Crippen molar-refractivity contribution in [2.24, 2.45) is 11.0 Å². The molecule has 0 amide bonds. The van der Waals surface area contributed by atoms with Crippen LogP contribution in [0.3, 0.4) is 0 Å². The van der Waals surface area contributed by atoms with Crippen molar-refractivity contribution in [2.75, 3.05) is 39.8 Å². The van der Waals surface area contributed by atoms with Crippen molar-refractivity contribution >= 4 is 11.8 Å². The molecule has 5 rings (SSSR count). The summed E-state index contributed by atoms with van der Waals surface area (Å²) in [5.41, 5.74) is 2.29. The molecule has 214 valence electrons. The molecule has 11 heteroatoms. The van der Waals surface area contributed by atoms with Crippen molar-refractivity contribution in [3.63, 3.8) is 0 Å². The van der Waals surface area contributed by atoms with Gasteiger partial charge in [0.15, 0.2) is 5.82 Å². The van der Waals surface area contributed by atoms with Crippen LogP contribution < -0.4 is 0 Å². The van der Waals surface area contributed by atoms with E-state index in [1.54, 1.807) is 0 Å². The minimum atomic E-state index is -4.58. The number of esters is 1. The highest BCUT2D eigenvalue weighted by Crippen LogP contribution is 2.32. The van der Waals surface area contributed by atoms with Crippen LogP contribution in [0.15, 0.2) is 29.4 Å². The average Bonchev–Trinajstić information content (AvgIpc) is 3.41.